The summed E-state index contributed by atoms with van der Waals surface area (Å²) in [6.07, 6.45) is 2.12. The van der Waals surface area contributed by atoms with Gasteiger partial charge in [-0.1, -0.05) is 20.8 Å². The fourth-order valence-electron chi connectivity index (χ4n) is 2.69. The van der Waals surface area contributed by atoms with E-state index in [1.54, 1.807) is 0 Å². The van der Waals surface area contributed by atoms with Gasteiger partial charge in [0.2, 0.25) is 0 Å². The van der Waals surface area contributed by atoms with Crippen LogP contribution < -0.4 is 5.11 Å². The molecule has 88 valence electrons. The number of nitrogens with zero attached hydrogens (tertiary/aromatic N) is 1. The monoisotopic (exact) mass is 221 g/mol. The Morgan fingerprint density at radius 2 is 2.19 bits per heavy atom. The maximum Gasteiger partial charge on any atom is 0.111 e. The van der Waals surface area contributed by atoms with Crippen LogP contribution in [-0.2, 0) is 0 Å². The Morgan fingerprint density at radius 3 is 2.75 bits per heavy atom. The van der Waals surface area contributed by atoms with Crippen molar-refractivity contribution in [3.63, 3.8) is 0 Å². The summed E-state index contributed by atoms with van der Waals surface area (Å²) in [5, 5.41) is 17.8. The predicted octanol–water partition coefficient (Wildman–Crippen LogP) is 1.41. The molecule has 1 aromatic rings. The van der Waals surface area contributed by atoms with Gasteiger partial charge in [-0.25, -0.2) is 0 Å². The molecule has 1 heterocycles. The van der Waals surface area contributed by atoms with E-state index in [0.717, 1.165) is 24.1 Å². The summed E-state index contributed by atoms with van der Waals surface area (Å²) in [7, 11) is 0. The number of carbonyl (C=O) groups is 1. The van der Waals surface area contributed by atoms with E-state index in [9.17, 15) is 9.90 Å². The first-order valence-electron chi connectivity index (χ1n) is 5.81. The number of aromatic carboxylic acids is 1. The molecule has 16 heavy (non-hydrogen) atoms. The highest BCUT2D eigenvalue weighted by molar-refractivity contribution is 5.86. The molecule has 0 unspecified atom stereocenters. The summed E-state index contributed by atoms with van der Waals surface area (Å²) < 4.78 is 0. The smallest absolute Gasteiger partial charge is 0.111 e. The minimum absolute atomic E-state index is 0.104. The van der Waals surface area contributed by atoms with Crippen molar-refractivity contribution in [2.45, 2.75) is 45.4 Å². The number of aromatic amines is 1. The van der Waals surface area contributed by atoms with Crippen LogP contribution in [0.4, 0.5) is 0 Å². The first-order chi connectivity index (χ1) is 7.52. The number of carbonyl (C=O) groups excluding carboxylic acids is 1. The summed E-state index contributed by atoms with van der Waals surface area (Å²) in [5.74, 6) is -0.0153. The van der Waals surface area contributed by atoms with Crippen LogP contribution in [0.3, 0.4) is 0 Å². The average molecular weight is 221 g/mol. The summed E-state index contributed by atoms with van der Waals surface area (Å²) in [4.78, 5) is 11.0. The maximum absolute atomic E-state index is 11.0. The Morgan fingerprint density at radius 1 is 1.50 bits per heavy atom. The van der Waals surface area contributed by atoms with Gasteiger partial charge in [0, 0.05) is 17.2 Å². The molecule has 0 saturated carbocycles. The van der Waals surface area contributed by atoms with Gasteiger partial charge in [0.15, 0.2) is 0 Å². The first-order valence-corrected chi connectivity index (χ1v) is 5.81. The SMILES string of the molecule is CC(C)[C@H]1CC[C@H](C)c2c(C(=O)[O-])n[nH]c21. The second-order valence-electron chi connectivity index (χ2n) is 5.02. The molecule has 4 heteroatoms. The quantitative estimate of drug-likeness (QED) is 0.821. The Bertz CT molecular complexity index is 409. The van der Waals surface area contributed by atoms with Gasteiger partial charge < -0.3 is 9.90 Å². The molecular weight excluding hydrogens is 204 g/mol. The number of hydrogen-bond acceptors (Lipinski definition) is 3. The topological polar surface area (TPSA) is 68.8 Å². The van der Waals surface area contributed by atoms with Gasteiger partial charge in [0.1, 0.15) is 5.69 Å². The van der Waals surface area contributed by atoms with Crippen molar-refractivity contribution in [1.82, 2.24) is 10.2 Å². The third kappa shape index (κ3) is 1.62. The molecule has 0 saturated heterocycles. The number of rotatable bonds is 2. The Kier molecular flexibility index (Phi) is 2.74. The molecule has 2 rings (SSSR count). The fourth-order valence-corrected chi connectivity index (χ4v) is 2.69. The molecule has 1 aliphatic carbocycles. The molecule has 0 fully saturated rings. The van der Waals surface area contributed by atoms with Crippen molar-refractivity contribution in [3.05, 3.63) is 17.0 Å². The van der Waals surface area contributed by atoms with E-state index in [1.165, 1.54) is 0 Å². The zero-order valence-corrected chi connectivity index (χ0v) is 9.91. The molecule has 0 radical (unpaired) electrons. The van der Waals surface area contributed by atoms with E-state index in [1.807, 2.05) is 0 Å². The van der Waals surface area contributed by atoms with E-state index in [0.29, 0.717) is 11.8 Å². The molecular formula is C12H17N2O2-. The summed E-state index contributed by atoms with van der Waals surface area (Å²) in [6.45, 7) is 6.37. The highest BCUT2D eigenvalue weighted by atomic mass is 16.4. The molecule has 0 aromatic carbocycles. The molecule has 1 N–H and O–H groups in total. The third-order valence-corrected chi connectivity index (χ3v) is 3.61. The lowest BCUT2D eigenvalue weighted by Gasteiger charge is -2.29. The Labute approximate surface area is 95.1 Å². The van der Waals surface area contributed by atoms with Crippen LogP contribution >= 0.6 is 0 Å². The zero-order valence-electron chi connectivity index (χ0n) is 9.91. The lowest BCUT2D eigenvalue weighted by molar-refractivity contribution is -0.255. The minimum atomic E-state index is -1.17. The molecule has 1 aromatic heterocycles. The maximum atomic E-state index is 11.0. The molecule has 4 nitrogen and oxygen atoms in total. The van der Waals surface area contributed by atoms with E-state index in [-0.39, 0.29) is 11.6 Å². The van der Waals surface area contributed by atoms with Crippen LogP contribution in [0.2, 0.25) is 0 Å². The van der Waals surface area contributed by atoms with E-state index in [2.05, 4.69) is 31.0 Å². The van der Waals surface area contributed by atoms with Gasteiger partial charge in [0.25, 0.3) is 0 Å². The fraction of sp³-hybridized carbons (Fsp3) is 0.667. The van der Waals surface area contributed by atoms with Crippen molar-refractivity contribution in [3.8, 4) is 0 Å². The Hall–Kier alpha value is -1.32. The number of aromatic nitrogens is 2. The van der Waals surface area contributed by atoms with Gasteiger partial charge in [-0.05, 0) is 24.7 Å². The highest BCUT2D eigenvalue weighted by Gasteiger charge is 2.31. The number of hydrogen-bond donors (Lipinski definition) is 1. The van der Waals surface area contributed by atoms with Crippen molar-refractivity contribution >= 4 is 5.97 Å². The van der Waals surface area contributed by atoms with Gasteiger partial charge in [-0.15, -0.1) is 0 Å². The number of nitrogens with one attached hydrogen (secondary N) is 1. The van der Waals surface area contributed by atoms with Gasteiger partial charge in [-0.3, -0.25) is 5.10 Å². The third-order valence-electron chi connectivity index (χ3n) is 3.61. The molecule has 2 atom stereocenters. The molecule has 0 bridgehead atoms. The van der Waals surface area contributed by atoms with Crippen LogP contribution in [0.15, 0.2) is 0 Å². The molecule has 0 aliphatic heterocycles. The van der Waals surface area contributed by atoms with E-state index in [4.69, 9.17) is 0 Å². The van der Waals surface area contributed by atoms with Crippen LogP contribution in [0.1, 0.15) is 67.2 Å². The molecule has 1 aliphatic rings. The summed E-state index contributed by atoms with van der Waals surface area (Å²) >= 11 is 0. The number of carboxylic acid groups (broad SMARTS) is 1. The predicted molar refractivity (Wildman–Crippen MR) is 58.1 cm³/mol. The molecule has 0 spiro atoms. The lowest BCUT2D eigenvalue weighted by atomic mass is 9.76. The van der Waals surface area contributed by atoms with E-state index >= 15 is 0 Å². The van der Waals surface area contributed by atoms with Crippen LogP contribution in [0.5, 0.6) is 0 Å². The van der Waals surface area contributed by atoms with Gasteiger partial charge in [-0.2, -0.15) is 5.10 Å². The Balaban J connectivity index is 2.49. The summed E-state index contributed by atoms with van der Waals surface area (Å²) in [5.41, 5.74) is 1.98. The minimum Gasteiger partial charge on any atom is -0.543 e. The second kappa shape index (κ2) is 3.92. The summed E-state index contributed by atoms with van der Waals surface area (Å²) in [6, 6.07) is 0. The normalized spacial score (nSPS) is 24.5. The van der Waals surface area contributed by atoms with Crippen LogP contribution in [0, 0.1) is 5.92 Å². The average Bonchev–Trinajstić information content (AvgIpc) is 2.62. The van der Waals surface area contributed by atoms with Gasteiger partial charge >= 0.3 is 0 Å². The first kappa shape index (κ1) is 11.2. The second-order valence-corrected chi connectivity index (χ2v) is 5.02. The zero-order chi connectivity index (χ0) is 11.9. The number of H-pyrrole nitrogens is 1. The highest BCUT2D eigenvalue weighted by Crippen LogP contribution is 2.42. The molecule has 0 amide bonds. The van der Waals surface area contributed by atoms with Gasteiger partial charge in [0.05, 0.1) is 5.97 Å². The van der Waals surface area contributed by atoms with Crippen molar-refractivity contribution in [2.75, 3.05) is 0 Å². The van der Waals surface area contributed by atoms with Crippen molar-refractivity contribution in [2.24, 2.45) is 5.92 Å². The van der Waals surface area contributed by atoms with E-state index < -0.39 is 5.97 Å². The van der Waals surface area contributed by atoms with Crippen LogP contribution in [-0.4, -0.2) is 16.2 Å². The lowest BCUT2D eigenvalue weighted by Crippen LogP contribution is -2.26. The number of fused-ring (bicyclic) bond motifs is 1. The van der Waals surface area contributed by atoms with Crippen LogP contribution in [0.25, 0.3) is 0 Å². The largest absolute Gasteiger partial charge is 0.543 e. The van der Waals surface area contributed by atoms with Crippen molar-refractivity contribution in [1.29, 1.82) is 0 Å². The van der Waals surface area contributed by atoms with Crippen molar-refractivity contribution < 1.29 is 9.90 Å². The number of carboxylic acids is 1. The standard InChI is InChI=1S/C12H18N2O2/c1-6(2)8-5-4-7(3)9-10(8)13-14-11(9)12(15)16/h6-8H,4-5H2,1-3H3,(H,13,14)(H,15,16)/p-1/t7-,8+/m0/s1.